The predicted octanol–water partition coefficient (Wildman–Crippen LogP) is 33.5. The van der Waals surface area contributed by atoms with Gasteiger partial charge in [-0.15, -0.1) is 0 Å². The molecule has 0 amide bonds. The number of rotatable bonds is 9. The molecule has 0 spiro atoms. The van der Waals surface area contributed by atoms with Crippen molar-refractivity contribution in [1.82, 2.24) is 27.4 Å². The number of nitrogens with zero attached hydrogens (tertiary/aromatic N) is 6. The Morgan fingerprint density at radius 1 is 0.143 bits per heavy atom. The molecule has 0 bridgehead atoms. The van der Waals surface area contributed by atoms with Crippen molar-refractivity contribution in [3.63, 3.8) is 0 Å². The molecular formula is C121H92F6N6. The van der Waals surface area contributed by atoms with E-state index >= 15 is 0 Å². The first-order valence-electron chi connectivity index (χ1n) is 45.1. The Labute approximate surface area is 766 Å². The second-order valence-corrected chi connectivity index (χ2v) is 36.7. The highest BCUT2D eigenvalue weighted by Crippen LogP contribution is 2.48. The number of halogens is 6. The summed E-state index contributed by atoms with van der Waals surface area (Å²) < 4.78 is 101. The van der Waals surface area contributed by atoms with Gasteiger partial charge in [-0.05, 0) is 344 Å². The largest absolute Gasteiger partial charge is 0.307 e. The van der Waals surface area contributed by atoms with Crippen LogP contribution in [-0.2, 0) is 0 Å². The zero-order valence-corrected chi connectivity index (χ0v) is 76.1. The molecule has 18 aromatic carbocycles. The molecule has 24 aromatic rings. The summed E-state index contributed by atoms with van der Waals surface area (Å²) >= 11 is 0. The van der Waals surface area contributed by atoms with Crippen LogP contribution >= 0.6 is 0 Å². The van der Waals surface area contributed by atoms with Crippen LogP contribution in [0.15, 0.2) is 322 Å². The van der Waals surface area contributed by atoms with Crippen molar-refractivity contribution in [3.8, 4) is 67.5 Å². The zero-order valence-electron chi connectivity index (χ0n) is 76.1. The normalized spacial score (nSPS) is 11.9. The minimum Gasteiger partial charge on any atom is -0.307 e. The summed E-state index contributed by atoms with van der Waals surface area (Å²) in [7, 11) is 0. The van der Waals surface area contributed by atoms with Crippen LogP contribution in [0.5, 0.6) is 0 Å². The molecule has 0 fully saturated rings. The Morgan fingerprint density at radius 3 is 0.549 bits per heavy atom. The van der Waals surface area contributed by atoms with Gasteiger partial charge in [-0.2, -0.15) is 0 Å². The molecule has 648 valence electrons. The number of hydrogen-bond donors (Lipinski definition) is 0. The number of benzene rings is 18. The van der Waals surface area contributed by atoms with E-state index in [1.807, 2.05) is 20.8 Å². The maximum atomic E-state index is 14.6. The van der Waals surface area contributed by atoms with Gasteiger partial charge in [0.15, 0.2) is 0 Å². The van der Waals surface area contributed by atoms with Crippen molar-refractivity contribution >= 4 is 131 Å². The summed E-state index contributed by atoms with van der Waals surface area (Å²) in [6.07, 6.45) is 0. The van der Waals surface area contributed by atoms with Crippen LogP contribution in [0.4, 0.5) is 26.3 Å². The van der Waals surface area contributed by atoms with Crippen LogP contribution < -0.4 is 0 Å². The molecular weight excluding hydrogens is 1650 g/mol. The highest BCUT2D eigenvalue weighted by Gasteiger charge is 2.28. The SMILES string of the molecule is Cc1ccc2c(c1)c1cc(C)ccc1n2-c1cc(C)c(-c2cc(F)cc(F)c2)cc1-n1c2ccc(C)cc2c2cc(C)ccc21.Cc1ccc2c(c1)c1ccccc1n2-c1cc(C)c(-c2cc(F)cc(F)c2)cc1-n1c2ccccc2c2cc(C)ccc21.Cc1ccc2c3ccc(C)cc3n(-c3cc(C)c(-c4cc(F)cc(F)c4)cc3-n3c4cc(C)ccc4c4ccc(C)cc43)c2c1. The van der Waals surface area contributed by atoms with Gasteiger partial charge in [0.25, 0.3) is 0 Å². The van der Waals surface area contributed by atoms with E-state index in [2.05, 4.69) is 364 Å². The van der Waals surface area contributed by atoms with Gasteiger partial charge in [-0.1, -0.05) is 155 Å². The van der Waals surface area contributed by atoms with E-state index in [0.29, 0.717) is 16.7 Å². The third kappa shape index (κ3) is 14.1. The van der Waals surface area contributed by atoms with E-state index in [0.717, 1.165) is 179 Å². The number of aromatic nitrogens is 6. The Hall–Kier alpha value is -15.7. The van der Waals surface area contributed by atoms with Gasteiger partial charge in [0.05, 0.1) is 100 Å². The predicted molar refractivity (Wildman–Crippen MR) is 543 cm³/mol. The summed E-state index contributed by atoms with van der Waals surface area (Å²) in [5.41, 5.74) is 37.5. The molecule has 6 aromatic heterocycles. The summed E-state index contributed by atoms with van der Waals surface area (Å²) in [4.78, 5) is 0. The van der Waals surface area contributed by atoms with Crippen molar-refractivity contribution < 1.29 is 26.3 Å². The highest BCUT2D eigenvalue weighted by molar-refractivity contribution is 6.17. The first kappa shape index (κ1) is 83.0. The van der Waals surface area contributed by atoms with E-state index in [-0.39, 0.29) is 0 Å². The first-order valence-corrected chi connectivity index (χ1v) is 45.1. The maximum Gasteiger partial charge on any atom is 0.126 e. The number of fused-ring (bicyclic) bond motifs is 18. The summed E-state index contributed by atoms with van der Waals surface area (Å²) in [6.45, 7) is 27.3. The van der Waals surface area contributed by atoms with Crippen LogP contribution in [0.1, 0.15) is 72.3 Å². The maximum absolute atomic E-state index is 14.6. The molecule has 0 saturated heterocycles. The summed E-state index contributed by atoms with van der Waals surface area (Å²) in [5, 5.41) is 14.1. The van der Waals surface area contributed by atoms with Gasteiger partial charge in [-0.25, -0.2) is 26.3 Å². The van der Waals surface area contributed by atoms with Gasteiger partial charge in [0.2, 0.25) is 0 Å². The Bertz CT molecular complexity index is 8790. The van der Waals surface area contributed by atoms with E-state index in [1.165, 1.54) is 129 Å². The molecule has 24 rings (SSSR count). The minimum atomic E-state index is -0.592. The minimum absolute atomic E-state index is 0.511. The van der Waals surface area contributed by atoms with Crippen molar-refractivity contribution in [3.05, 3.63) is 429 Å². The molecule has 0 aliphatic rings. The summed E-state index contributed by atoms with van der Waals surface area (Å²) in [5.74, 6) is -3.55. The van der Waals surface area contributed by atoms with Crippen LogP contribution in [-0.4, -0.2) is 27.4 Å². The topological polar surface area (TPSA) is 29.6 Å². The lowest BCUT2D eigenvalue weighted by atomic mass is 9.98. The van der Waals surface area contributed by atoms with E-state index < -0.39 is 34.9 Å². The van der Waals surface area contributed by atoms with Crippen LogP contribution in [0, 0.1) is 125 Å². The molecule has 133 heavy (non-hydrogen) atoms. The summed E-state index contributed by atoms with van der Waals surface area (Å²) in [6, 6.07) is 107. The van der Waals surface area contributed by atoms with E-state index in [1.54, 1.807) is 0 Å². The molecule has 0 saturated carbocycles. The Kier molecular flexibility index (Phi) is 19.9. The molecule has 0 unspecified atom stereocenters. The lowest BCUT2D eigenvalue weighted by Gasteiger charge is -2.20. The van der Waals surface area contributed by atoms with Gasteiger partial charge >= 0.3 is 0 Å². The molecule has 6 heterocycles. The molecule has 12 heteroatoms. The Balaban J connectivity index is 0.000000116. The monoisotopic (exact) mass is 1740 g/mol. The van der Waals surface area contributed by atoms with Crippen LogP contribution in [0.25, 0.3) is 198 Å². The third-order valence-corrected chi connectivity index (χ3v) is 26.9. The third-order valence-electron chi connectivity index (χ3n) is 26.9. The van der Waals surface area contributed by atoms with Crippen molar-refractivity contribution in [2.75, 3.05) is 0 Å². The standard InChI is InChI=1S/2C41H32F2N2.C39H28F2N2/c1-23-6-10-36-32(14-23)33-15-24(2)7-11-37(33)44(36)40-18-27(5)31(28-19-29(42)21-30(43)20-28)22-41(40)45-38-12-8-25(3)16-34(38)35-17-26(4)9-13-39(35)45;1-23-6-10-31-32-11-7-24(2)15-37(32)44(36(31)14-23)40-18-27(5)35(28-19-29(42)21-30(43)20-28)22-41(40)45-38-16-25(3)8-12-33(38)34-13-9-26(4)17-39(34)45;1-23-12-14-36-32(16-23)29-8-4-6-10-34(29)42(36)38-18-25(3)31(26-19-27(40)21-28(41)20-26)22-39(38)43-35-11-7-5-9-30(35)33-17-24(2)13-15-37(33)43/h2*6-22H,1-5H3;4-22H,1-3H3. The van der Waals surface area contributed by atoms with Gasteiger partial charge in [0, 0.05) is 82.8 Å². The molecule has 0 atom stereocenters. The second kappa shape index (κ2) is 31.9. The zero-order chi connectivity index (χ0) is 91.7. The lowest BCUT2D eigenvalue weighted by molar-refractivity contribution is 0.583. The van der Waals surface area contributed by atoms with Gasteiger partial charge in [-0.3, -0.25) is 0 Å². The van der Waals surface area contributed by atoms with Crippen LogP contribution in [0.3, 0.4) is 0 Å². The number of aryl methyl sites for hydroxylation is 13. The second-order valence-electron chi connectivity index (χ2n) is 36.7. The van der Waals surface area contributed by atoms with Crippen LogP contribution in [0.2, 0.25) is 0 Å². The lowest BCUT2D eigenvalue weighted by Crippen LogP contribution is -2.05. The Morgan fingerprint density at radius 2 is 0.316 bits per heavy atom. The quantitative estimate of drug-likeness (QED) is 0.129. The molecule has 0 N–H and O–H groups in total. The fourth-order valence-corrected chi connectivity index (χ4v) is 20.9. The first-order chi connectivity index (χ1) is 64.2. The van der Waals surface area contributed by atoms with Crippen molar-refractivity contribution in [1.29, 1.82) is 0 Å². The van der Waals surface area contributed by atoms with Gasteiger partial charge in [0.1, 0.15) is 34.9 Å². The molecule has 0 radical (unpaired) electrons. The number of hydrogen-bond acceptors (Lipinski definition) is 0. The van der Waals surface area contributed by atoms with Gasteiger partial charge < -0.3 is 27.4 Å². The highest BCUT2D eigenvalue weighted by atomic mass is 19.2. The van der Waals surface area contributed by atoms with Crippen molar-refractivity contribution in [2.45, 2.75) is 90.0 Å². The smallest absolute Gasteiger partial charge is 0.126 e. The fourth-order valence-electron chi connectivity index (χ4n) is 20.9. The number of para-hydroxylation sites is 2. The average molecular weight is 1740 g/mol. The molecule has 0 aliphatic carbocycles. The molecule has 0 aliphatic heterocycles. The fraction of sp³-hybridized carbons (Fsp3) is 0.107. The average Bonchev–Trinajstić information content (AvgIpc) is 1.57. The molecule has 6 nitrogen and oxygen atoms in total. The van der Waals surface area contributed by atoms with Crippen molar-refractivity contribution in [2.24, 2.45) is 0 Å². The van der Waals surface area contributed by atoms with E-state index in [4.69, 9.17) is 0 Å². The van der Waals surface area contributed by atoms with E-state index in [9.17, 15) is 26.3 Å².